The maximum Gasteiger partial charge on any atom is 0.234 e. The molecule has 6 heteroatoms. The molecule has 132 valence electrons. The molecule has 2 heterocycles. The number of aromatic amines is 1. The molecule has 26 heavy (non-hydrogen) atoms. The van der Waals surface area contributed by atoms with Crippen molar-refractivity contribution in [1.29, 1.82) is 0 Å². The molecule has 0 bridgehead atoms. The molecule has 2 aromatic carbocycles. The van der Waals surface area contributed by atoms with Crippen molar-refractivity contribution >= 4 is 11.6 Å². The van der Waals surface area contributed by atoms with Crippen molar-refractivity contribution in [3.8, 4) is 5.75 Å². The molecule has 6 nitrogen and oxygen atoms in total. The second-order valence-corrected chi connectivity index (χ2v) is 6.32. The molecule has 1 aromatic heterocycles. The first-order chi connectivity index (χ1) is 12.8. The zero-order chi connectivity index (χ0) is 17.8. The minimum Gasteiger partial charge on any atom is -0.489 e. The van der Waals surface area contributed by atoms with Crippen LogP contribution in [0.25, 0.3) is 0 Å². The van der Waals surface area contributed by atoms with Gasteiger partial charge in [-0.15, -0.1) is 0 Å². The van der Waals surface area contributed by atoms with E-state index in [0.717, 1.165) is 42.0 Å². The van der Waals surface area contributed by atoms with Crippen LogP contribution in [-0.4, -0.2) is 27.6 Å². The van der Waals surface area contributed by atoms with Crippen molar-refractivity contribution in [2.45, 2.75) is 25.9 Å². The maximum atomic E-state index is 12.6. The number of hydrogen-bond donors (Lipinski definition) is 1. The van der Waals surface area contributed by atoms with E-state index in [1.54, 1.807) is 0 Å². The number of amides is 1. The maximum absolute atomic E-state index is 12.6. The first kappa shape index (κ1) is 16.3. The fourth-order valence-corrected chi connectivity index (χ4v) is 3.22. The lowest BCUT2D eigenvalue weighted by Gasteiger charge is -2.29. The summed E-state index contributed by atoms with van der Waals surface area (Å²) in [5, 5.41) is 6.54. The van der Waals surface area contributed by atoms with Gasteiger partial charge in [-0.25, -0.2) is 4.98 Å². The number of nitrogens with one attached hydrogen (secondary N) is 1. The summed E-state index contributed by atoms with van der Waals surface area (Å²) in [6, 6.07) is 16.0. The molecule has 0 radical (unpaired) electrons. The highest BCUT2D eigenvalue weighted by molar-refractivity contribution is 5.95. The molecular formula is C20H20N4O2. The van der Waals surface area contributed by atoms with Crippen LogP contribution >= 0.6 is 0 Å². The molecule has 1 aliphatic heterocycles. The van der Waals surface area contributed by atoms with Crippen LogP contribution in [0, 0.1) is 0 Å². The Hall–Kier alpha value is -3.15. The average molecular weight is 348 g/mol. The number of H-pyrrole nitrogens is 1. The quantitative estimate of drug-likeness (QED) is 0.770. The number of benzene rings is 2. The van der Waals surface area contributed by atoms with Crippen LogP contribution in [-0.2, 0) is 24.2 Å². The lowest BCUT2D eigenvalue weighted by atomic mass is 10.0. The number of carbonyl (C=O) groups is 1. The molecule has 0 saturated heterocycles. The minimum atomic E-state index is 0.0284. The zero-order valence-electron chi connectivity index (χ0n) is 14.4. The van der Waals surface area contributed by atoms with Gasteiger partial charge in [0.2, 0.25) is 5.91 Å². The van der Waals surface area contributed by atoms with Crippen LogP contribution in [0.3, 0.4) is 0 Å². The molecule has 0 fully saturated rings. The number of carbonyl (C=O) groups excluding carboxylic acids is 1. The van der Waals surface area contributed by atoms with Gasteiger partial charge < -0.3 is 9.64 Å². The summed E-state index contributed by atoms with van der Waals surface area (Å²) in [4.78, 5) is 18.5. The van der Waals surface area contributed by atoms with E-state index in [2.05, 4.69) is 15.2 Å². The molecule has 1 aliphatic rings. The predicted molar refractivity (Wildman–Crippen MR) is 98.0 cm³/mol. The van der Waals surface area contributed by atoms with E-state index in [1.807, 2.05) is 53.4 Å². The normalized spacial score (nSPS) is 13.3. The van der Waals surface area contributed by atoms with E-state index in [-0.39, 0.29) is 12.3 Å². The fourth-order valence-electron chi connectivity index (χ4n) is 3.22. The fraction of sp³-hybridized carbons (Fsp3) is 0.250. The van der Waals surface area contributed by atoms with Gasteiger partial charge in [0.05, 0.1) is 6.42 Å². The van der Waals surface area contributed by atoms with Gasteiger partial charge in [0.15, 0.2) is 0 Å². The Labute approximate surface area is 151 Å². The Morgan fingerprint density at radius 2 is 2.08 bits per heavy atom. The Kier molecular flexibility index (Phi) is 4.64. The third-order valence-electron chi connectivity index (χ3n) is 4.50. The molecule has 0 aliphatic carbocycles. The van der Waals surface area contributed by atoms with E-state index in [0.29, 0.717) is 12.4 Å². The van der Waals surface area contributed by atoms with Gasteiger partial charge >= 0.3 is 0 Å². The van der Waals surface area contributed by atoms with Gasteiger partial charge in [-0.05, 0) is 42.2 Å². The number of anilines is 1. The topological polar surface area (TPSA) is 71.1 Å². The third kappa shape index (κ3) is 3.59. The van der Waals surface area contributed by atoms with Crippen molar-refractivity contribution in [2.24, 2.45) is 0 Å². The number of ether oxygens (including phenoxy) is 1. The second kappa shape index (κ2) is 7.39. The van der Waals surface area contributed by atoms with Crippen LogP contribution in [0.4, 0.5) is 5.69 Å². The second-order valence-electron chi connectivity index (χ2n) is 6.32. The summed E-state index contributed by atoms with van der Waals surface area (Å²) >= 11 is 0. The summed E-state index contributed by atoms with van der Waals surface area (Å²) in [6.45, 7) is 1.26. The number of hydrogen-bond acceptors (Lipinski definition) is 4. The molecule has 0 atom stereocenters. The Morgan fingerprint density at radius 3 is 2.88 bits per heavy atom. The van der Waals surface area contributed by atoms with Gasteiger partial charge in [0, 0.05) is 12.2 Å². The molecule has 0 saturated carbocycles. The Morgan fingerprint density at radius 1 is 1.19 bits per heavy atom. The van der Waals surface area contributed by atoms with Gasteiger partial charge in [0.25, 0.3) is 0 Å². The zero-order valence-corrected chi connectivity index (χ0v) is 14.4. The van der Waals surface area contributed by atoms with Crippen molar-refractivity contribution in [3.63, 3.8) is 0 Å². The predicted octanol–water partition coefficient (Wildman–Crippen LogP) is 2.91. The monoisotopic (exact) mass is 348 g/mol. The van der Waals surface area contributed by atoms with Crippen LogP contribution in [0.2, 0.25) is 0 Å². The standard InChI is InChI=1S/C20H20N4O2/c25-20(12-19-21-14-22-23-19)24-10-4-7-16-11-17(8-9-18(16)24)26-13-15-5-2-1-3-6-15/h1-3,5-6,8-9,11,14H,4,7,10,12-13H2,(H,21,22,23). The molecule has 3 aromatic rings. The number of nitrogens with zero attached hydrogens (tertiary/aromatic N) is 3. The highest BCUT2D eigenvalue weighted by Crippen LogP contribution is 2.31. The first-order valence-electron chi connectivity index (χ1n) is 8.74. The van der Waals surface area contributed by atoms with Crippen molar-refractivity contribution < 1.29 is 9.53 Å². The van der Waals surface area contributed by atoms with Crippen LogP contribution < -0.4 is 9.64 Å². The van der Waals surface area contributed by atoms with E-state index in [4.69, 9.17) is 4.74 Å². The number of aryl methyl sites for hydroxylation is 1. The third-order valence-corrected chi connectivity index (χ3v) is 4.50. The van der Waals surface area contributed by atoms with Gasteiger partial charge in [0.1, 0.15) is 24.5 Å². The highest BCUT2D eigenvalue weighted by atomic mass is 16.5. The van der Waals surface area contributed by atoms with E-state index in [1.165, 1.54) is 6.33 Å². The van der Waals surface area contributed by atoms with Gasteiger partial charge in [-0.1, -0.05) is 30.3 Å². The largest absolute Gasteiger partial charge is 0.489 e. The highest BCUT2D eigenvalue weighted by Gasteiger charge is 2.23. The summed E-state index contributed by atoms with van der Waals surface area (Å²) in [6.07, 6.45) is 3.54. The van der Waals surface area contributed by atoms with Crippen LogP contribution in [0.15, 0.2) is 54.9 Å². The molecule has 4 rings (SSSR count). The first-order valence-corrected chi connectivity index (χ1v) is 8.74. The number of aromatic nitrogens is 3. The van der Waals surface area contributed by atoms with Crippen LogP contribution in [0.5, 0.6) is 5.75 Å². The SMILES string of the molecule is O=C(Cc1ncn[nH]1)N1CCCc2cc(OCc3ccccc3)ccc21. The van der Waals surface area contributed by atoms with Gasteiger partial charge in [-0.2, -0.15) is 5.10 Å². The van der Waals surface area contributed by atoms with Crippen LogP contribution in [0.1, 0.15) is 23.4 Å². The van der Waals surface area contributed by atoms with Crippen molar-refractivity contribution in [2.75, 3.05) is 11.4 Å². The smallest absolute Gasteiger partial charge is 0.234 e. The number of fused-ring (bicyclic) bond motifs is 1. The molecule has 1 N–H and O–H groups in total. The minimum absolute atomic E-state index is 0.0284. The van der Waals surface area contributed by atoms with E-state index in [9.17, 15) is 4.79 Å². The number of rotatable bonds is 5. The van der Waals surface area contributed by atoms with E-state index >= 15 is 0 Å². The Balaban J connectivity index is 1.47. The van der Waals surface area contributed by atoms with Gasteiger partial charge in [-0.3, -0.25) is 9.89 Å². The molecule has 0 unspecified atom stereocenters. The van der Waals surface area contributed by atoms with E-state index < -0.39 is 0 Å². The average Bonchev–Trinajstić information content (AvgIpc) is 3.19. The summed E-state index contributed by atoms with van der Waals surface area (Å²) in [5.41, 5.74) is 3.25. The van der Waals surface area contributed by atoms with Crippen molar-refractivity contribution in [1.82, 2.24) is 15.2 Å². The molecule has 0 spiro atoms. The lowest BCUT2D eigenvalue weighted by Crippen LogP contribution is -2.36. The summed E-state index contributed by atoms with van der Waals surface area (Å²) in [7, 11) is 0. The summed E-state index contributed by atoms with van der Waals surface area (Å²) in [5.74, 6) is 1.45. The van der Waals surface area contributed by atoms with Crippen molar-refractivity contribution in [3.05, 3.63) is 71.8 Å². The summed E-state index contributed by atoms with van der Waals surface area (Å²) < 4.78 is 5.91. The Bertz CT molecular complexity index is 878. The molecular weight excluding hydrogens is 328 g/mol. The molecule has 1 amide bonds. The lowest BCUT2D eigenvalue weighted by molar-refractivity contribution is -0.118.